The molecule has 1 amide bonds. The van der Waals surface area contributed by atoms with Gasteiger partial charge in [0.25, 0.3) is 15.9 Å². The van der Waals surface area contributed by atoms with Crippen molar-refractivity contribution in [1.82, 2.24) is 15.2 Å². The number of nitrogens with zero attached hydrogens (tertiary/aromatic N) is 1. The average Bonchev–Trinajstić information content (AvgIpc) is 2.60. The van der Waals surface area contributed by atoms with Crippen LogP contribution in [0.5, 0.6) is 0 Å². The molecule has 0 saturated heterocycles. The van der Waals surface area contributed by atoms with Gasteiger partial charge in [-0.25, -0.2) is 8.42 Å². The summed E-state index contributed by atoms with van der Waals surface area (Å²) in [6.45, 7) is 0. The van der Waals surface area contributed by atoms with Crippen molar-refractivity contribution in [3.8, 4) is 0 Å². The number of amides is 1. The second-order valence-electron chi connectivity index (χ2n) is 4.78. The van der Waals surface area contributed by atoms with Crippen molar-refractivity contribution in [1.29, 1.82) is 0 Å². The first-order valence-corrected chi connectivity index (χ1v) is 8.26. The summed E-state index contributed by atoms with van der Waals surface area (Å²) in [5.74, 6) is -0.546. The number of sulfonamides is 1. The van der Waals surface area contributed by atoms with E-state index in [0.29, 0.717) is 5.56 Å². The Morgan fingerprint density at radius 3 is 2.52 bits per heavy atom. The first kappa shape index (κ1) is 15.1. The van der Waals surface area contributed by atoms with Gasteiger partial charge in [0.15, 0.2) is 0 Å². The fourth-order valence-corrected chi connectivity index (χ4v) is 2.92. The zero-order valence-corrected chi connectivity index (χ0v) is 12.7. The molecule has 0 saturated carbocycles. The number of carbonyl (C=O) groups excluding carboxylic acids is 1. The van der Waals surface area contributed by atoms with Crippen LogP contribution in [0.2, 0.25) is 0 Å². The van der Waals surface area contributed by atoms with E-state index in [0.717, 1.165) is 10.9 Å². The summed E-state index contributed by atoms with van der Waals surface area (Å²) in [6, 6.07) is 16.3. The van der Waals surface area contributed by atoms with E-state index >= 15 is 0 Å². The smallest absolute Gasteiger partial charge is 0.266 e. The number of hydrogen-bond acceptors (Lipinski definition) is 4. The van der Waals surface area contributed by atoms with E-state index in [1.54, 1.807) is 48.7 Å². The number of nitrogens with one attached hydrogen (secondary N) is 2. The number of hydrogen-bond donors (Lipinski definition) is 2. The summed E-state index contributed by atoms with van der Waals surface area (Å²) < 4.78 is 24.1. The van der Waals surface area contributed by atoms with Gasteiger partial charge in [0, 0.05) is 17.1 Å². The molecule has 0 fully saturated rings. The van der Waals surface area contributed by atoms with Gasteiger partial charge in [0.05, 0.1) is 10.4 Å². The van der Waals surface area contributed by atoms with Gasteiger partial charge in [-0.2, -0.15) is 0 Å². The van der Waals surface area contributed by atoms with E-state index in [-0.39, 0.29) is 4.90 Å². The minimum absolute atomic E-state index is 0.0722. The molecule has 3 aromatic rings. The quantitative estimate of drug-likeness (QED) is 0.716. The summed E-state index contributed by atoms with van der Waals surface area (Å²) in [6.07, 6.45) is 1.66. The van der Waals surface area contributed by atoms with Crippen LogP contribution < -0.4 is 10.3 Å². The maximum Gasteiger partial charge on any atom is 0.266 e. The highest BCUT2D eigenvalue weighted by molar-refractivity contribution is 7.89. The van der Waals surface area contributed by atoms with Gasteiger partial charge in [0.2, 0.25) is 0 Å². The number of pyridine rings is 1. The zero-order chi connectivity index (χ0) is 16.3. The van der Waals surface area contributed by atoms with Crippen LogP contribution in [0.1, 0.15) is 10.4 Å². The second-order valence-corrected chi connectivity index (χ2v) is 6.47. The third kappa shape index (κ3) is 3.36. The average molecular weight is 327 g/mol. The van der Waals surface area contributed by atoms with Gasteiger partial charge in [-0.1, -0.05) is 24.3 Å². The molecular formula is C16H13N3O3S. The zero-order valence-electron chi connectivity index (χ0n) is 11.9. The van der Waals surface area contributed by atoms with E-state index < -0.39 is 15.9 Å². The molecule has 0 atom stereocenters. The van der Waals surface area contributed by atoms with Crippen molar-refractivity contribution >= 4 is 26.8 Å². The Kier molecular flexibility index (Phi) is 4.05. The number of aromatic nitrogens is 1. The summed E-state index contributed by atoms with van der Waals surface area (Å²) in [5.41, 5.74) is 3.30. The summed E-state index contributed by atoms with van der Waals surface area (Å²) >= 11 is 0. The van der Waals surface area contributed by atoms with Crippen molar-refractivity contribution < 1.29 is 13.2 Å². The number of fused-ring (bicyclic) bond motifs is 1. The standard InChI is InChI=1S/C16H13N3O3S/c20-16(13-8-9-15-12(11-13)5-4-10-17-15)18-19-23(21,22)14-6-2-1-3-7-14/h1-11,19H,(H,18,20). The Morgan fingerprint density at radius 2 is 1.74 bits per heavy atom. The second kappa shape index (κ2) is 6.15. The van der Waals surface area contributed by atoms with E-state index in [2.05, 4.69) is 15.2 Å². The Hall–Kier alpha value is -2.77. The van der Waals surface area contributed by atoms with Gasteiger partial charge >= 0.3 is 0 Å². The normalized spacial score (nSPS) is 11.3. The summed E-state index contributed by atoms with van der Waals surface area (Å²) in [7, 11) is -3.80. The highest BCUT2D eigenvalue weighted by Crippen LogP contribution is 2.13. The highest BCUT2D eigenvalue weighted by atomic mass is 32.2. The van der Waals surface area contributed by atoms with E-state index in [1.807, 2.05) is 6.07 Å². The lowest BCUT2D eigenvalue weighted by Gasteiger charge is -2.08. The molecule has 116 valence electrons. The minimum Gasteiger partial charge on any atom is -0.273 e. The van der Waals surface area contributed by atoms with E-state index in [9.17, 15) is 13.2 Å². The molecule has 1 aromatic heterocycles. The van der Waals surface area contributed by atoms with Crippen LogP contribution in [-0.4, -0.2) is 19.3 Å². The van der Waals surface area contributed by atoms with Crippen LogP contribution in [0.3, 0.4) is 0 Å². The molecular weight excluding hydrogens is 314 g/mol. The number of rotatable bonds is 4. The molecule has 23 heavy (non-hydrogen) atoms. The van der Waals surface area contributed by atoms with Crippen molar-refractivity contribution in [2.75, 3.05) is 0 Å². The lowest BCUT2D eigenvalue weighted by Crippen LogP contribution is -2.41. The van der Waals surface area contributed by atoms with E-state index in [4.69, 9.17) is 0 Å². The first-order valence-electron chi connectivity index (χ1n) is 6.78. The Bertz CT molecular complexity index is 956. The number of benzene rings is 2. The SMILES string of the molecule is O=C(NNS(=O)(=O)c1ccccc1)c1ccc2ncccc2c1. The maximum absolute atomic E-state index is 12.1. The largest absolute Gasteiger partial charge is 0.273 e. The number of carbonyl (C=O) groups is 1. The monoisotopic (exact) mass is 327 g/mol. The molecule has 3 rings (SSSR count). The van der Waals surface area contributed by atoms with Crippen LogP contribution in [0, 0.1) is 0 Å². The topological polar surface area (TPSA) is 88.2 Å². The Morgan fingerprint density at radius 1 is 0.957 bits per heavy atom. The molecule has 0 radical (unpaired) electrons. The van der Waals surface area contributed by atoms with E-state index in [1.165, 1.54) is 12.1 Å². The fraction of sp³-hybridized carbons (Fsp3) is 0. The Balaban J connectivity index is 1.76. The molecule has 0 aliphatic rings. The van der Waals surface area contributed by atoms with Crippen molar-refractivity contribution in [2.24, 2.45) is 0 Å². The molecule has 0 aliphatic carbocycles. The molecule has 2 N–H and O–H groups in total. The molecule has 1 heterocycles. The highest BCUT2D eigenvalue weighted by Gasteiger charge is 2.15. The summed E-state index contributed by atoms with van der Waals surface area (Å²) in [4.78, 5) is 18.4. The predicted octanol–water partition coefficient (Wildman–Crippen LogP) is 1.86. The maximum atomic E-state index is 12.1. The number of hydrazine groups is 1. The van der Waals surface area contributed by atoms with Gasteiger partial charge in [-0.15, -0.1) is 4.83 Å². The van der Waals surface area contributed by atoms with Crippen LogP contribution in [0.4, 0.5) is 0 Å². The lowest BCUT2D eigenvalue weighted by molar-refractivity contribution is 0.0945. The predicted molar refractivity (Wildman–Crippen MR) is 86.0 cm³/mol. The molecule has 0 unspecified atom stereocenters. The molecule has 0 aliphatic heterocycles. The van der Waals surface area contributed by atoms with Gasteiger partial charge in [-0.05, 0) is 36.4 Å². The van der Waals surface area contributed by atoms with Gasteiger partial charge in [-0.3, -0.25) is 15.2 Å². The fourth-order valence-electron chi connectivity index (χ4n) is 2.06. The molecule has 0 bridgehead atoms. The van der Waals surface area contributed by atoms with Crippen molar-refractivity contribution in [3.63, 3.8) is 0 Å². The van der Waals surface area contributed by atoms with Crippen LogP contribution >= 0.6 is 0 Å². The molecule has 6 nitrogen and oxygen atoms in total. The first-order chi connectivity index (χ1) is 11.1. The Labute approximate surface area is 133 Å². The minimum atomic E-state index is -3.80. The van der Waals surface area contributed by atoms with Crippen LogP contribution in [-0.2, 0) is 10.0 Å². The van der Waals surface area contributed by atoms with Crippen LogP contribution in [0.25, 0.3) is 10.9 Å². The summed E-state index contributed by atoms with van der Waals surface area (Å²) in [5, 5.41) is 0.797. The molecule has 0 spiro atoms. The molecule has 7 heteroatoms. The van der Waals surface area contributed by atoms with Gasteiger partial charge in [0.1, 0.15) is 0 Å². The lowest BCUT2D eigenvalue weighted by atomic mass is 10.1. The van der Waals surface area contributed by atoms with Crippen molar-refractivity contribution in [2.45, 2.75) is 4.90 Å². The van der Waals surface area contributed by atoms with Gasteiger partial charge < -0.3 is 0 Å². The molecule has 2 aromatic carbocycles. The van der Waals surface area contributed by atoms with Crippen LogP contribution in [0.15, 0.2) is 71.8 Å². The third-order valence-corrected chi connectivity index (χ3v) is 4.48. The van der Waals surface area contributed by atoms with Crippen molar-refractivity contribution in [3.05, 3.63) is 72.4 Å². The third-order valence-electron chi connectivity index (χ3n) is 3.22.